The first-order valence-corrected chi connectivity index (χ1v) is 12.0. The van der Waals surface area contributed by atoms with Gasteiger partial charge in [0.25, 0.3) is 10.0 Å². The number of urea groups is 1. The van der Waals surface area contributed by atoms with Crippen molar-refractivity contribution in [3.63, 3.8) is 0 Å². The van der Waals surface area contributed by atoms with Crippen LogP contribution in [0, 0.1) is 0 Å². The highest BCUT2D eigenvalue weighted by Gasteiger charge is 2.27. The maximum atomic E-state index is 12.7. The molecule has 0 unspecified atom stereocenters. The van der Waals surface area contributed by atoms with E-state index in [4.69, 9.17) is 0 Å². The molecule has 29 heavy (non-hydrogen) atoms. The zero-order chi connectivity index (χ0) is 20.6. The molecular formula is C21H28N4O3S. The van der Waals surface area contributed by atoms with Crippen LogP contribution < -0.4 is 10.0 Å². The number of rotatable bonds is 6. The lowest BCUT2D eigenvalue weighted by Crippen LogP contribution is -2.35. The zero-order valence-corrected chi connectivity index (χ0v) is 17.9. The lowest BCUT2D eigenvalue weighted by atomic mass is 9.99. The van der Waals surface area contributed by atoms with Crippen LogP contribution in [0.15, 0.2) is 17.2 Å². The molecule has 2 aliphatic carbocycles. The first-order valence-electron chi connectivity index (χ1n) is 10.5. The van der Waals surface area contributed by atoms with Crippen LogP contribution in [0.5, 0.6) is 0 Å². The highest BCUT2D eigenvalue weighted by molar-refractivity contribution is 7.90. The minimum Gasteiger partial charge on any atom is -0.307 e. The molecule has 1 aromatic carbocycles. The molecule has 2 N–H and O–H groups in total. The molecule has 156 valence electrons. The van der Waals surface area contributed by atoms with Crippen molar-refractivity contribution in [2.75, 3.05) is 5.32 Å². The van der Waals surface area contributed by atoms with E-state index in [1.165, 1.54) is 22.3 Å². The summed E-state index contributed by atoms with van der Waals surface area (Å²) in [7, 11) is -4.03. The minimum atomic E-state index is -4.03. The number of anilines is 1. The summed E-state index contributed by atoms with van der Waals surface area (Å²) in [4.78, 5) is 12.7. The molecule has 4 rings (SSSR count). The van der Waals surface area contributed by atoms with Crippen LogP contribution in [0.3, 0.4) is 0 Å². The van der Waals surface area contributed by atoms with E-state index in [1.807, 2.05) is 13.8 Å². The lowest BCUT2D eigenvalue weighted by Gasteiger charge is -2.16. The number of hydrogen-bond donors (Lipinski definition) is 2. The summed E-state index contributed by atoms with van der Waals surface area (Å²) in [5.41, 5.74) is 6.59. The quantitative estimate of drug-likeness (QED) is 0.755. The molecule has 2 aliphatic rings. The first-order chi connectivity index (χ1) is 13.9. The number of hydrogen-bond acceptors (Lipinski definition) is 4. The molecule has 0 radical (unpaired) electrons. The smallest absolute Gasteiger partial charge is 0.307 e. The average molecular weight is 417 g/mol. The number of fused-ring (bicyclic) bond motifs is 2. The largest absolute Gasteiger partial charge is 0.333 e. The Morgan fingerprint density at radius 3 is 2.31 bits per heavy atom. The topological polar surface area (TPSA) is 93.1 Å². The summed E-state index contributed by atoms with van der Waals surface area (Å²) in [5.74, 6) is 0. The van der Waals surface area contributed by atoms with Gasteiger partial charge in [-0.1, -0.05) is 19.4 Å². The summed E-state index contributed by atoms with van der Waals surface area (Å²) in [6.45, 7) is 4.53. The Balaban J connectivity index is 1.57. The number of nitrogens with one attached hydrogen (secondary N) is 2. The number of carbonyl (C=O) groups is 1. The summed E-state index contributed by atoms with van der Waals surface area (Å²) in [5, 5.41) is 6.94. The van der Waals surface area contributed by atoms with Crippen LogP contribution in [0.1, 0.15) is 61.1 Å². The monoisotopic (exact) mass is 416 g/mol. The van der Waals surface area contributed by atoms with Crippen LogP contribution in [0.25, 0.3) is 0 Å². The van der Waals surface area contributed by atoms with E-state index in [9.17, 15) is 13.2 Å². The van der Waals surface area contributed by atoms with E-state index in [1.54, 1.807) is 10.7 Å². The SMILES string of the molecule is CCCc1cc(S(=O)(=O)NC(=O)Nc2c3c(cc4c2CCC4)CCC3)nn1CC. The third kappa shape index (κ3) is 3.77. The highest BCUT2D eigenvalue weighted by atomic mass is 32.2. The Morgan fingerprint density at radius 1 is 1.07 bits per heavy atom. The van der Waals surface area contributed by atoms with Gasteiger partial charge in [-0.25, -0.2) is 9.52 Å². The first kappa shape index (κ1) is 19.9. The van der Waals surface area contributed by atoms with Gasteiger partial charge in [0.1, 0.15) is 0 Å². The van der Waals surface area contributed by atoms with Gasteiger partial charge >= 0.3 is 6.03 Å². The second-order valence-electron chi connectivity index (χ2n) is 7.83. The minimum absolute atomic E-state index is 0.110. The lowest BCUT2D eigenvalue weighted by molar-refractivity contribution is 0.256. The van der Waals surface area contributed by atoms with Crippen molar-refractivity contribution in [1.29, 1.82) is 0 Å². The zero-order valence-electron chi connectivity index (χ0n) is 17.0. The van der Waals surface area contributed by atoms with Gasteiger partial charge in [0.2, 0.25) is 0 Å². The number of nitrogens with zero attached hydrogens (tertiary/aromatic N) is 2. The standard InChI is InChI=1S/C21H28N4O3S/c1-3-7-16-13-19(23-25(16)4-2)29(27,28)24-21(26)22-20-17-10-5-8-14(17)12-15-9-6-11-18(15)20/h12-13H,3-11H2,1-2H3,(H2,22,24,26). The van der Waals surface area contributed by atoms with E-state index in [-0.39, 0.29) is 5.03 Å². The number of aromatic nitrogens is 2. The normalized spacial score (nSPS) is 15.2. The van der Waals surface area contributed by atoms with Crippen LogP contribution in [0.4, 0.5) is 10.5 Å². The predicted molar refractivity (Wildman–Crippen MR) is 112 cm³/mol. The average Bonchev–Trinajstić information content (AvgIpc) is 3.40. The highest BCUT2D eigenvalue weighted by Crippen LogP contribution is 2.38. The summed E-state index contributed by atoms with van der Waals surface area (Å²) >= 11 is 0. The van der Waals surface area contributed by atoms with Gasteiger partial charge in [-0.3, -0.25) is 4.68 Å². The number of sulfonamides is 1. The molecule has 0 spiro atoms. The van der Waals surface area contributed by atoms with E-state index >= 15 is 0 Å². The Labute approximate surface area is 171 Å². The Kier molecular flexibility index (Phi) is 5.38. The molecule has 0 atom stereocenters. The van der Waals surface area contributed by atoms with Gasteiger partial charge < -0.3 is 5.32 Å². The maximum absolute atomic E-state index is 12.7. The van der Waals surface area contributed by atoms with Crippen molar-refractivity contribution in [2.24, 2.45) is 0 Å². The Bertz CT molecular complexity index is 1020. The van der Waals surface area contributed by atoms with Gasteiger partial charge in [-0.05, 0) is 74.1 Å². The van der Waals surface area contributed by atoms with Crippen LogP contribution >= 0.6 is 0 Å². The predicted octanol–water partition coefficient (Wildman–Crippen LogP) is 3.34. The Morgan fingerprint density at radius 2 is 1.72 bits per heavy atom. The molecule has 0 bridgehead atoms. The van der Waals surface area contributed by atoms with Crippen molar-refractivity contribution in [3.05, 3.63) is 40.1 Å². The number of carbonyl (C=O) groups excluding carboxylic acids is 1. The molecule has 0 aliphatic heterocycles. The van der Waals surface area contributed by atoms with Gasteiger partial charge in [0, 0.05) is 24.0 Å². The number of benzene rings is 1. The molecule has 0 saturated heterocycles. The molecule has 7 nitrogen and oxygen atoms in total. The van der Waals surface area contributed by atoms with Gasteiger partial charge in [-0.2, -0.15) is 13.5 Å². The molecule has 2 amide bonds. The summed E-state index contributed by atoms with van der Waals surface area (Å²) < 4.78 is 29.3. The van der Waals surface area contributed by atoms with E-state index in [2.05, 4.69) is 21.2 Å². The van der Waals surface area contributed by atoms with Crippen molar-refractivity contribution in [2.45, 2.75) is 76.8 Å². The van der Waals surface area contributed by atoms with Crippen LogP contribution in [0.2, 0.25) is 0 Å². The molecule has 1 aromatic heterocycles. The molecule has 8 heteroatoms. The number of aryl methyl sites for hydroxylation is 4. The third-order valence-corrected chi connectivity index (χ3v) is 7.06. The van der Waals surface area contributed by atoms with Crippen LogP contribution in [-0.2, 0) is 48.7 Å². The van der Waals surface area contributed by atoms with E-state index in [0.29, 0.717) is 6.54 Å². The summed E-state index contributed by atoms with van der Waals surface area (Å²) in [6.07, 6.45) is 7.66. The van der Waals surface area contributed by atoms with Crippen molar-refractivity contribution < 1.29 is 13.2 Å². The van der Waals surface area contributed by atoms with E-state index < -0.39 is 16.1 Å². The van der Waals surface area contributed by atoms with Gasteiger partial charge in [-0.15, -0.1) is 0 Å². The molecule has 0 fully saturated rings. The fourth-order valence-electron chi connectivity index (χ4n) is 4.57. The molecular weight excluding hydrogens is 388 g/mol. The number of amides is 2. The second-order valence-corrected chi connectivity index (χ2v) is 9.46. The van der Waals surface area contributed by atoms with Crippen molar-refractivity contribution >= 4 is 21.7 Å². The maximum Gasteiger partial charge on any atom is 0.333 e. The second kappa shape index (κ2) is 7.82. The van der Waals surface area contributed by atoms with Gasteiger partial charge in [0.15, 0.2) is 5.03 Å². The molecule has 1 heterocycles. The van der Waals surface area contributed by atoms with Crippen LogP contribution in [-0.4, -0.2) is 24.2 Å². The Hall–Kier alpha value is -2.35. The third-order valence-electron chi connectivity index (χ3n) is 5.86. The fraction of sp³-hybridized carbons (Fsp3) is 0.524. The van der Waals surface area contributed by atoms with Crippen molar-refractivity contribution in [1.82, 2.24) is 14.5 Å². The van der Waals surface area contributed by atoms with E-state index in [0.717, 1.165) is 62.7 Å². The van der Waals surface area contributed by atoms with Crippen molar-refractivity contribution in [3.8, 4) is 0 Å². The van der Waals surface area contributed by atoms with Gasteiger partial charge in [0.05, 0.1) is 0 Å². The fourth-order valence-corrected chi connectivity index (χ4v) is 5.47. The summed E-state index contributed by atoms with van der Waals surface area (Å²) in [6, 6.07) is 3.11. The molecule has 0 saturated carbocycles. The molecule has 2 aromatic rings.